The smallest absolute Gasteiger partial charge is 0.248 e. The minimum atomic E-state index is -0.419. The standard InChI is InChI=1S/C11H11N3O2/c12-10(15)7-1-2-14-9(3-7)4-13-11(14)8-5-16-6-8/h1-4,8H,5-6H2,(H2,12,15). The summed E-state index contributed by atoms with van der Waals surface area (Å²) < 4.78 is 7.11. The van der Waals surface area contributed by atoms with Crippen molar-refractivity contribution in [3.63, 3.8) is 0 Å². The van der Waals surface area contributed by atoms with Crippen LogP contribution in [0.15, 0.2) is 24.5 Å². The number of carbonyl (C=O) groups excluding carboxylic acids is 1. The van der Waals surface area contributed by atoms with Crippen LogP contribution in [0.2, 0.25) is 0 Å². The highest BCUT2D eigenvalue weighted by Crippen LogP contribution is 2.23. The average molecular weight is 217 g/mol. The molecular formula is C11H11N3O2. The molecule has 2 aromatic heterocycles. The summed E-state index contributed by atoms with van der Waals surface area (Å²) in [4.78, 5) is 15.4. The number of carbonyl (C=O) groups is 1. The number of rotatable bonds is 2. The molecule has 0 aliphatic carbocycles. The van der Waals surface area contributed by atoms with Crippen molar-refractivity contribution in [1.82, 2.24) is 9.38 Å². The van der Waals surface area contributed by atoms with Gasteiger partial charge in [-0.1, -0.05) is 0 Å². The van der Waals surface area contributed by atoms with E-state index < -0.39 is 5.91 Å². The molecule has 82 valence electrons. The quantitative estimate of drug-likeness (QED) is 0.798. The Morgan fingerprint density at radius 1 is 1.56 bits per heavy atom. The molecule has 0 aromatic carbocycles. The topological polar surface area (TPSA) is 69.6 Å². The molecule has 1 amide bonds. The van der Waals surface area contributed by atoms with Crippen molar-refractivity contribution in [3.05, 3.63) is 35.9 Å². The minimum Gasteiger partial charge on any atom is -0.380 e. The molecule has 3 rings (SSSR count). The first-order chi connectivity index (χ1) is 7.75. The van der Waals surface area contributed by atoms with Gasteiger partial charge in [-0.15, -0.1) is 0 Å². The summed E-state index contributed by atoms with van der Waals surface area (Å²) in [5.74, 6) is 0.927. The zero-order chi connectivity index (χ0) is 11.1. The van der Waals surface area contributed by atoms with Gasteiger partial charge in [-0.25, -0.2) is 4.98 Å². The van der Waals surface area contributed by atoms with Gasteiger partial charge in [0, 0.05) is 11.8 Å². The highest BCUT2D eigenvalue weighted by Gasteiger charge is 2.24. The lowest BCUT2D eigenvalue weighted by Gasteiger charge is -2.24. The minimum absolute atomic E-state index is 0.363. The van der Waals surface area contributed by atoms with E-state index in [2.05, 4.69) is 4.98 Å². The molecule has 5 heteroatoms. The monoisotopic (exact) mass is 217 g/mol. The Hall–Kier alpha value is -1.88. The fourth-order valence-electron chi connectivity index (χ4n) is 1.86. The highest BCUT2D eigenvalue weighted by molar-refractivity contribution is 5.93. The van der Waals surface area contributed by atoms with Gasteiger partial charge in [-0.2, -0.15) is 0 Å². The van der Waals surface area contributed by atoms with Crippen molar-refractivity contribution in [2.45, 2.75) is 5.92 Å². The van der Waals surface area contributed by atoms with Crippen molar-refractivity contribution < 1.29 is 9.53 Å². The van der Waals surface area contributed by atoms with Gasteiger partial charge in [0.15, 0.2) is 0 Å². The van der Waals surface area contributed by atoms with E-state index in [-0.39, 0.29) is 0 Å². The van der Waals surface area contributed by atoms with E-state index in [4.69, 9.17) is 10.5 Å². The molecule has 3 heterocycles. The molecular weight excluding hydrogens is 206 g/mol. The molecule has 2 aromatic rings. The summed E-state index contributed by atoms with van der Waals surface area (Å²) in [6, 6.07) is 3.46. The third-order valence-electron chi connectivity index (χ3n) is 2.85. The van der Waals surface area contributed by atoms with E-state index in [0.29, 0.717) is 11.5 Å². The SMILES string of the molecule is NC(=O)c1ccn2c(C3COC3)ncc2c1. The summed E-state index contributed by atoms with van der Waals surface area (Å²) in [6.45, 7) is 1.44. The average Bonchev–Trinajstić information content (AvgIpc) is 2.59. The summed E-state index contributed by atoms with van der Waals surface area (Å²) in [6.07, 6.45) is 3.58. The van der Waals surface area contributed by atoms with E-state index in [9.17, 15) is 4.79 Å². The second-order valence-corrected chi connectivity index (χ2v) is 3.93. The van der Waals surface area contributed by atoms with E-state index in [1.165, 1.54) is 0 Å². The first-order valence-electron chi connectivity index (χ1n) is 5.10. The number of nitrogens with two attached hydrogens (primary N) is 1. The number of hydrogen-bond donors (Lipinski definition) is 1. The molecule has 1 aliphatic heterocycles. The van der Waals surface area contributed by atoms with Crippen LogP contribution in [-0.2, 0) is 4.74 Å². The number of pyridine rings is 1. The Labute approximate surface area is 91.8 Å². The number of amides is 1. The Bertz CT molecular complexity index is 557. The lowest BCUT2D eigenvalue weighted by atomic mass is 10.1. The fraction of sp³-hybridized carbons (Fsp3) is 0.273. The van der Waals surface area contributed by atoms with Gasteiger partial charge in [0.1, 0.15) is 5.82 Å². The number of primary amides is 1. The van der Waals surface area contributed by atoms with Crippen LogP contribution in [0, 0.1) is 0 Å². The molecule has 0 radical (unpaired) electrons. The number of ether oxygens (including phenoxy) is 1. The Kier molecular flexibility index (Phi) is 1.94. The molecule has 0 unspecified atom stereocenters. The van der Waals surface area contributed by atoms with Crippen molar-refractivity contribution in [2.24, 2.45) is 5.73 Å². The first-order valence-corrected chi connectivity index (χ1v) is 5.10. The van der Waals surface area contributed by atoms with Gasteiger partial charge in [0.05, 0.1) is 30.8 Å². The van der Waals surface area contributed by atoms with Gasteiger partial charge in [0.25, 0.3) is 0 Å². The van der Waals surface area contributed by atoms with Crippen molar-refractivity contribution in [2.75, 3.05) is 13.2 Å². The zero-order valence-electron chi connectivity index (χ0n) is 8.59. The van der Waals surface area contributed by atoms with Crippen LogP contribution < -0.4 is 5.73 Å². The van der Waals surface area contributed by atoms with Crippen molar-refractivity contribution in [1.29, 1.82) is 0 Å². The number of imidazole rings is 1. The number of hydrogen-bond acceptors (Lipinski definition) is 3. The van der Waals surface area contributed by atoms with E-state index >= 15 is 0 Å². The van der Waals surface area contributed by atoms with Crippen LogP contribution in [0.3, 0.4) is 0 Å². The van der Waals surface area contributed by atoms with Crippen LogP contribution in [0.1, 0.15) is 22.1 Å². The van der Waals surface area contributed by atoms with Crippen molar-refractivity contribution >= 4 is 11.4 Å². The Balaban J connectivity index is 2.10. The highest BCUT2D eigenvalue weighted by atomic mass is 16.5. The number of fused-ring (bicyclic) bond motifs is 1. The summed E-state index contributed by atoms with van der Waals surface area (Å²) in [7, 11) is 0. The lowest BCUT2D eigenvalue weighted by Crippen LogP contribution is -2.27. The summed E-state index contributed by atoms with van der Waals surface area (Å²) in [5, 5.41) is 0. The molecule has 1 aliphatic rings. The normalized spacial score (nSPS) is 16.2. The third-order valence-corrected chi connectivity index (χ3v) is 2.85. The maximum Gasteiger partial charge on any atom is 0.248 e. The second-order valence-electron chi connectivity index (χ2n) is 3.93. The first kappa shape index (κ1) is 9.35. The van der Waals surface area contributed by atoms with Crippen LogP contribution in [-0.4, -0.2) is 28.5 Å². The van der Waals surface area contributed by atoms with Crippen LogP contribution in [0.4, 0.5) is 0 Å². The molecule has 0 saturated carbocycles. The van der Waals surface area contributed by atoms with Gasteiger partial charge in [-0.3, -0.25) is 4.79 Å². The Morgan fingerprint density at radius 2 is 2.38 bits per heavy atom. The zero-order valence-corrected chi connectivity index (χ0v) is 8.59. The molecule has 0 spiro atoms. The fourth-order valence-corrected chi connectivity index (χ4v) is 1.86. The van der Waals surface area contributed by atoms with Crippen LogP contribution >= 0.6 is 0 Å². The predicted octanol–water partition coefficient (Wildman–Crippen LogP) is 0.547. The molecule has 1 saturated heterocycles. The molecule has 16 heavy (non-hydrogen) atoms. The van der Waals surface area contributed by atoms with Crippen molar-refractivity contribution in [3.8, 4) is 0 Å². The van der Waals surface area contributed by atoms with Gasteiger partial charge in [-0.05, 0) is 12.1 Å². The van der Waals surface area contributed by atoms with Gasteiger partial charge >= 0.3 is 0 Å². The Morgan fingerprint density at radius 3 is 3.00 bits per heavy atom. The second kappa shape index (κ2) is 3.31. The largest absolute Gasteiger partial charge is 0.380 e. The van der Waals surface area contributed by atoms with Crippen LogP contribution in [0.25, 0.3) is 5.52 Å². The molecule has 0 bridgehead atoms. The summed E-state index contributed by atoms with van der Waals surface area (Å²) in [5.41, 5.74) is 6.61. The predicted molar refractivity (Wildman–Crippen MR) is 57.3 cm³/mol. The van der Waals surface area contributed by atoms with Gasteiger partial charge in [0.2, 0.25) is 5.91 Å². The van der Waals surface area contributed by atoms with E-state index in [1.807, 2.05) is 10.6 Å². The molecule has 1 fully saturated rings. The third kappa shape index (κ3) is 1.29. The van der Waals surface area contributed by atoms with E-state index in [1.54, 1.807) is 18.3 Å². The number of nitrogens with zero attached hydrogens (tertiary/aromatic N) is 2. The summed E-state index contributed by atoms with van der Waals surface area (Å²) >= 11 is 0. The van der Waals surface area contributed by atoms with E-state index in [0.717, 1.165) is 24.6 Å². The lowest BCUT2D eigenvalue weighted by molar-refractivity contribution is 0.00465. The van der Waals surface area contributed by atoms with Gasteiger partial charge < -0.3 is 14.9 Å². The molecule has 0 atom stereocenters. The van der Waals surface area contributed by atoms with Crippen LogP contribution in [0.5, 0.6) is 0 Å². The maximum absolute atomic E-state index is 11.0. The molecule has 5 nitrogen and oxygen atoms in total. The maximum atomic E-state index is 11.0. The molecule has 2 N–H and O–H groups in total. The number of aromatic nitrogens is 2.